The minimum atomic E-state index is -4.38. The number of benzene rings is 2. The molecule has 1 N–H and O–H groups in total. The number of para-hydroxylation sites is 1. The molecule has 0 fully saturated rings. The Kier molecular flexibility index (Phi) is 5.18. The van der Waals surface area contributed by atoms with Gasteiger partial charge in [0.2, 0.25) is 5.88 Å². The number of carbonyl (C=O) groups is 1. The number of aromatic nitrogens is 2. The lowest BCUT2D eigenvalue weighted by molar-refractivity contribution is 0.0549. The normalized spacial score (nSPS) is 11.1. The minimum Gasteiger partial charge on any atom is -0.493 e. The summed E-state index contributed by atoms with van der Waals surface area (Å²) < 4.78 is 31.9. The summed E-state index contributed by atoms with van der Waals surface area (Å²) >= 11 is 0. The number of nitrogens with zero attached hydrogens (tertiary/aromatic N) is 2. The first kappa shape index (κ1) is 19.2. The monoisotopic (exact) mass is 400 g/mol. The molecule has 0 saturated heterocycles. The van der Waals surface area contributed by atoms with E-state index in [1.165, 1.54) is 18.2 Å². The van der Waals surface area contributed by atoms with E-state index in [9.17, 15) is 23.1 Å². The van der Waals surface area contributed by atoms with Crippen molar-refractivity contribution in [2.24, 2.45) is 0 Å². The zero-order valence-electron chi connectivity index (χ0n) is 14.6. The summed E-state index contributed by atoms with van der Waals surface area (Å²) in [5, 5.41) is 10.1. The zero-order chi connectivity index (χ0) is 20.3. The summed E-state index contributed by atoms with van der Waals surface area (Å²) in [6.45, 7) is 3.46. The molecule has 2 aromatic carbocycles. The van der Waals surface area contributed by atoms with Crippen molar-refractivity contribution in [3.63, 3.8) is 0 Å². The van der Waals surface area contributed by atoms with Gasteiger partial charge in [0.05, 0.1) is 22.3 Å². The molecule has 0 unspecified atom stereocenters. The highest BCUT2D eigenvalue weighted by molar-refractivity contribution is 7.90. The Balaban J connectivity index is 2.00. The van der Waals surface area contributed by atoms with Gasteiger partial charge >= 0.3 is 11.7 Å². The van der Waals surface area contributed by atoms with Crippen molar-refractivity contribution in [1.82, 2.24) is 8.54 Å². The van der Waals surface area contributed by atoms with E-state index in [4.69, 9.17) is 4.74 Å². The van der Waals surface area contributed by atoms with Crippen molar-refractivity contribution < 1.29 is 23.1 Å². The van der Waals surface area contributed by atoms with E-state index in [0.29, 0.717) is 9.66 Å². The van der Waals surface area contributed by atoms with Gasteiger partial charge < -0.3 is 9.84 Å². The van der Waals surface area contributed by atoms with Gasteiger partial charge in [0.25, 0.3) is 10.0 Å². The zero-order valence-corrected chi connectivity index (χ0v) is 15.4. The third-order valence-corrected chi connectivity index (χ3v) is 5.52. The Morgan fingerprint density at radius 1 is 1.11 bits per heavy atom. The molecule has 0 aliphatic carbocycles. The van der Waals surface area contributed by atoms with Crippen molar-refractivity contribution in [3.8, 4) is 11.6 Å². The van der Waals surface area contributed by atoms with Crippen LogP contribution in [0.4, 0.5) is 0 Å². The van der Waals surface area contributed by atoms with Crippen molar-refractivity contribution >= 4 is 16.0 Å². The summed E-state index contributed by atoms with van der Waals surface area (Å²) in [5.41, 5.74) is -0.408. The quantitative estimate of drug-likeness (QED) is 0.500. The Morgan fingerprint density at radius 3 is 2.36 bits per heavy atom. The second-order valence-electron chi connectivity index (χ2n) is 5.66. The van der Waals surface area contributed by atoms with Crippen molar-refractivity contribution in [2.45, 2.75) is 4.90 Å². The molecule has 8 nitrogen and oxygen atoms in total. The molecule has 144 valence electrons. The molecule has 0 spiro atoms. The molecule has 28 heavy (non-hydrogen) atoms. The second-order valence-corrected chi connectivity index (χ2v) is 7.44. The lowest BCUT2D eigenvalue weighted by Crippen LogP contribution is -2.28. The number of ether oxygens (including phenoxy) is 1. The number of hydrogen-bond donors (Lipinski definition) is 1. The van der Waals surface area contributed by atoms with Crippen LogP contribution in [0.15, 0.2) is 83.1 Å². The maximum absolute atomic E-state index is 12.8. The van der Waals surface area contributed by atoms with Crippen LogP contribution in [-0.2, 0) is 14.8 Å². The molecule has 0 aliphatic rings. The predicted octanol–water partition coefficient (Wildman–Crippen LogP) is 1.92. The summed E-state index contributed by atoms with van der Waals surface area (Å²) in [5.74, 6) is -1.37. The van der Waals surface area contributed by atoms with E-state index in [2.05, 4.69) is 6.58 Å². The van der Waals surface area contributed by atoms with Crippen LogP contribution in [0.5, 0.6) is 5.88 Å². The molecule has 0 aliphatic heterocycles. The number of esters is 1. The lowest BCUT2D eigenvalue weighted by atomic mass is 10.2. The van der Waals surface area contributed by atoms with E-state index < -0.39 is 27.6 Å². The van der Waals surface area contributed by atoms with Crippen LogP contribution in [0.2, 0.25) is 0 Å². The van der Waals surface area contributed by atoms with Gasteiger partial charge in [-0.05, 0) is 36.4 Å². The number of carbonyl (C=O) groups excluding carboxylic acids is 1. The molecule has 0 amide bonds. The van der Waals surface area contributed by atoms with Crippen molar-refractivity contribution in [2.75, 3.05) is 6.61 Å². The minimum absolute atomic E-state index is 0.0230. The first-order chi connectivity index (χ1) is 13.4. The predicted molar refractivity (Wildman–Crippen MR) is 101 cm³/mol. The fourth-order valence-corrected chi connectivity index (χ4v) is 3.78. The smallest absolute Gasteiger partial charge is 0.350 e. The second kappa shape index (κ2) is 7.57. The fourth-order valence-electron chi connectivity index (χ4n) is 2.50. The topological polar surface area (TPSA) is 108 Å². The summed E-state index contributed by atoms with van der Waals surface area (Å²) in [6.07, 6.45) is 2.43. The van der Waals surface area contributed by atoms with E-state index in [-0.39, 0.29) is 17.1 Å². The van der Waals surface area contributed by atoms with Crippen molar-refractivity contribution in [1.29, 1.82) is 0 Å². The van der Waals surface area contributed by atoms with E-state index in [0.717, 1.165) is 22.9 Å². The molecule has 0 saturated carbocycles. The molecular weight excluding hydrogens is 384 g/mol. The van der Waals surface area contributed by atoms with Crippen molar-refractivity contribution in [3.05, 3.63) is 89.5 Å². The van der Waals surface area contributed by atoms with Crippen LogP contribution in [0.1, 0.15) is 10.4 Å². The Bertz CT molecular complexity index is 1180. The van der Waals surface area contributed by atoms with Crippen LogP contribution in [0, 0.1) is 0 Å². The maximum atomic E-state index is 12.8. The fraction of sp³-hybridized carbons (Fsp3) is 0.0526. The van der Waals surface area contributed by atoms with Gasteiger partial charge in [-0.2, -0.15) is 0 Å². The van der Waals surface area contributed by atoms with Gasteiger partial charge in [-0.25, -0.2) is 18.0 Å². The molecule has 9 heteroatoms. The summed E-state index contributed by atoms with van der Waals surface area (Å²) in [7, 11) is -4.38. The molecular formula is C19H16N2O6S. The highest BCUT2D eigenvalue weighted by Crippen LogP contribution is 2.20. The Hall–Kier alpha value is -3.59. The van der Waals surface area contributed by atoms with Crippen LogP contribution >= 0.6 is 0 Å². The standard InChI is InChI=1S/C19H16N2O6S/c1-2-12-27-18(23)14-8-10-16(11-9-14)28(25,26)21-17(22)13-20(19(21)24)15-6-4-3-5-7-15/h2-11,13,22H,1,12H2. The van der Waals surface area contributed by atoms with Gasteiger partial charge in [0, 0.05) is 0 Å². The number of hydrogen-bond acceptors (Lipinski definition) is 6. The average Bonchev–Trinajstić information content (AvgIpc) is 3.01. The van der Waals surface area contributed by atoms with Crippen LogP contribution in [0.3, 0.4) is 0 Å². The van der Waals surface area contributed by atoms with E-state index >= 15 is 0 Å². The maximum Gasteiger partial charge on any atom is 0.350 e. The van der Waals surface area contributed by atoms with Gasteiger partial charge in [-0.15, -0.1) is 3.97 Å². The van der Waals surface area contributed by atoms with Crippen LogP contribution < -0.4 is 5.69 Å². The summed E-state index contributed by atoms with van der Waals surface area (Å²) in [4.78, 5) is 24.1. The Labute approximate surface area is 160 Å². The van der Waals surface area contributed by atoms with Gasteiger partial charge in [-0.1, -0.05) is 30.9 Å². The lowest BCUT2D eigenvalue weighted by Gasteiger charge is -2.07. The average molecular weight is 400 g/mol. The highest BCUT2D eigenvalue weighted by atomic mass is 32.2. The SMILES string of the molecule is C=CCOC(=O)c1ccc(S(=O)(=O)n2c(O)cn(-c3ccccc3)c2=O)cc1. The van der Waals surface area contributed by atoms with Crippen LogP contribution in [0.25, 0.3) is 5.69 Å². The molecule has 0 radical (unpaired) electrons. The third kappa shape index (κ3) is 3.47. The van der Waals surface area contributed by atoms with E-state index in [1.54, 1.807) is 30.3 Å². The molecule has 0 atom stereocenters. The molecule has 3 aromatic rings. The highest BCUT2D eigenvalue weighted by Gasteiger charge is 2.25. The first-order valence-corrected chi connectivity index (χ1v) is 9.52. The molecule has 1 aromatic heterocycles. The number of rotatable bonds is 6. The largest absolute Gasteiger partial charge is 0.493 e. The molecule has 1 heterocycles. The van der Waals surface area contributed by atoms with Gasteiger partial charge in [-0.3, -0.25) is 4.57 Å². The van der Waals surface area contributed by atoms with Gasteiger partial charge in [0.1, 0.15) is 6.61 Å². The number of aromatic hydroxyl groups is 1. The third-order valence-electron chi connectivity index (χ3n) is 3.83. The van der Waals surface area contributed by atoms with Gasteiger partial charge in [0.15, 0.2) is 0 Å². The van der Waals surface area contributed by atoms with E-state index in [1.807, 2.05) is 0 Å². The Morgan fingerprint density at radius 2 is 1.75 bits per heavy atom. The van der Waals surface area contributed by atoms with Crippen LogP contribution in [-0.4, -0.2) is 34.6 Å². The molecule has 3 rings (SSSR count). The number of imidazole rings is 1. The first-order valence-electron chi connectivity index (χ1n) is 8.08. The summed E-state index contributed by atoms with van der Waals surface area (Å²) in [6, 6.07) is 13.1. The molecule has 0 bridgehead atoms.